The van der Waals surface area contributed by atoms with Crippen molar-refractivity contribution in [3.8, 4) is 6.07 Å². The van der Waals surface area contributed by atoms with Crippen LogP contribution in [0.5, 0.6) is 0 Å². The number of rotatable bonds is 4. The van der Waals surface area contributed by atoms with E-state index >= 15 is 0 Å². The minimum Gasteiger partial charge on any atom is -0.390 e. The van der Waals surface area contributed by atoms with Gasteiger partial charge in [0, 0.05) is 31.6 Å². The number of aliphatic hydroxyl groups excluding tert-OH is 1. The maximum Gasteiger partial charge on any atom is 0.243 e. The Balaban J connectivity index is 1.69. The summed E-state index contributed by atoms with van der Waals surface area (Å²) in [6, 6.07) is 7.93. The summed E-state index contributed by atoms with van der Waals surface area (Å²) in [4.78, 5) is 6.54. The molecule has 1 aliphatic rings. The van der Waals surface area contributed by atoms with Gasteiger partial charge in [0.2, 0.25) is 10.0 Å². The van der Waals surface area contributed by atoms with E-state index in [1.165, 1.54) is 39.9 Å². The highest BCUT2D eigenvalue weighted by atomic mass is 32.2. The van der Waals surface area contributed by atoms with Crippen molar-refractivity contribution in [1.29, 1.82) is 5.26 Å². The number of aromatic nitrogens is 1. The lowest BCUT2D eigenvalue weighted by Crippen LogP contribution is -2.48. The van der Waals surface area contributed by atoms with E-state index in [1.807, 2.05) is 11.0 Å². The van der Waals surface area contributed by atoms with Crippen molar-refractivity contribution in [3.05, 3.63) is 40.9 Å². The molecule has 0 amide bonds. The third-order valence-electron chi connectivity index (χ3n) is 3.83. The summed E-state index contributed by atoms with van der Waals surface area (Å²) in [6.07, 6.45) is 0. The third kappa shape index (κ3) is 3.27. The molecule has 1 fully saturated rings. The fraction of sp³-hybridized carbons (Fsp3) is 0.333. The van der Waals surface area contributed by atoms with E-state index in [-0.39, 0.29) is 11.5 Å². The molecule has 2 aromatic rings. The molecule has 0 atom stereocenters. The van der Waals surface area contributed by atoms with E-state index in [2.05, 4.69) is 4.98 Å². The van der Waals surface area contributed by atoms with Crippen LogP contribution < -0.4 is 4.90 Å². The van der Waals surface area contributed by atoms with Crippen LogP contribution in [-0.2, 0) is 16.6 Å². The monoisotopic (exact) mass is 364 g/mol. The Bertz CT molecular complexity index is 848. The second kappa shape index (κ2) is 6.86. The zero-order valence-electron chi connectivity index (χ0n) is 12.8. The predicted molar refractivity (Wildman–Crippen MR) is 90.2 cm³/mol. The van der Waals surface area contributed by atoms with Crippen LogP contribution in [0.15, 0.2) is 34.5 Å². The number of nitrogens with zero attached hydrogens (tertiary/aromatic N) is 4. The van der Waals surface area contributed by atoms with Crippen LogP contribution in [-0.4, -0.2) is 49.0 Å². The predicted octanol–water partition coefficient (Wildman–Crippen LogP) is 1.02. The van der Waals surface area contributed by atoms with Gasteiger partial charge in [-0.3, -0.25) is 0 Å². The number of sulfonamides is 1. The van der Waals surface area contributed by atoms with Crippen molar-refractivity contribution < 1.29 is 13.5 Å². The number of piperazine rings is 1. The molecule has 3 rings (SSSR count). The van der Waals surface area contributed by atoms with Gasteiger partial charge < -0.3 is 10.0 Å². The van der Waals surface area contributed by atoms with E-state index < -0.39 is 10.0 Å². The van der Waals surface area contributed by atoms with Gasteiger partial charge >= 0.3 is 0 Å². The molecule has 126 valence electrons. The Hall–Kier alpha value is -1.99. The Morgan fingerprint density at radius 1 is 1.21 bits per heavy atom. The van der Waals surface area contributed by atoms with Gasteiger partial charge in [-0.2, -0.15) is 9.57 Å². The number of hydrogen-bond acceptors (Lipinski definition) is 7. The molecular formula is C15H16N4O3S2. The van der Waals surface area contributed by atoms with Crippen molar-refractivity contribution in [2.75, 3.05) is 31.1 Å². The average Bonchev–Trinajstić information content (AvgIpc) is 3.11. The molecule has 9 heteroatoms. The summed E-state index contributed by atoms with van der Waals surface area (Å²) in [5, 5.41) is 20.5. The van der Waals surface area contributed by atoms with Crippen molar-refractivity contribution in [2.45, 2.75) is 11.5 Å². The maximum absolute atomic E-state index is 12.7. The Labute approximate surface area is 144 Å². The van der Waals surface area contributed by atoms with E-state index in [1.54, 1.807) is 5.38 Å². The number of benzene rings is 1. The zero-order chi connectivity index (χ0) is 17.2. The van der Waals surface area contributed by atoms with Crippen LogP contribution in [0, 0.1) is 11.3 Å². The van der Waals surface area contributed by atoms with Crippen LogP contribution in [0.4, 0.5) is 5.13 Å². The maximum atomic E-state index is 12.7. The zero-order valence-corrected chi connectivity index (χ0v) is 14.4. The van der Waals surface area contributed by atoms with Gasteiger partial charge in [-0.25, -0.2) is 13.4 Å². The van der Waals surface area contributed by atoms with Gasteiger partial charge in [0.25, 0.3) is 0 Å². The molecule has 0 bridgehead atoms. The molecule has 0 radical (unpaired) electrons. The van der Waals surface area contributed by atoms with Crippen LogP contribution in [0.2, 0.25) is 0 Å². The first-order valence-corrected chi connectivity index (χ1v) is 9.67. The molecule has 1 aromatic heterocycles. The molecule has 0 spiro atoms. The third-order valence-corrected chi connectivity index (χ3v) is 6.70. The lowest BCUT2D eigenvalue weighted by molar-refractivity contribution is 0.277. The minimum absolute atomic E-state index is 0.0937. The summed E-state index contributed by atoms with van der Waals surface area (Å²) in [7, 11) is -3.55. The molecule has 1 N–H and O–H groups in total. The topological polar surface area (TPSA) is 97.5 Å². The number of anilines is 1. The Morgan fingerprint density at radius 2 is 1.88 bits per heavy atom. The number of hydrogen-bond donors (Lipinski definition) is 1. The minimum atomic E-state index is -3.55. The number of nitriles is 1. The second-order valence-electron chi connectivity index (χ2n) is 5.31. The Morgan fingerprint density at radius 3 is 2.42 bits per heavy atom. The lowest BCUT2D eigenvalue weighted by Gasteiger charge is -2.33. The van der Waals surface area contributed by atoms with Gasteiger partial charge in [-0.05, 0) is 24.3 Å². The van der Waals surface area contributed by atoms with Gasteiger partial charge in [-0.15, -0.1) is 11.3 Å². The molecule has 24 heavy (non-hydrogen) atoms. The smallest absolute Gasteiger partial charge is 0.243 e. The van der Waals surface area contributed by atoms with Crippen molar-refractivity contribution in [3.63, 3.8) is 0 Å². The van der Waals surface area contributed by atoms with Crippen molar-refractivity contribution in [1.82, 2.24) is 9.29 Å². The SMILES string of the molecule is N#Cc1ccc(S(=O)(=O)N2CCN(c3nc(CO)cs3)CC2)cc1. The summed E-state index contributed by atoms with van der Waals surface area (Å²) >= 11 is 1.45. The summed E-state index contributed by atoms with van der Waals surface area (Å²) in [6.45, 7) is 1.75. The molecular weight excluding hydrogens is 348 g/mol. The number of aliphatic hydroxyl groups is 1. The first kappa shape index (κ1) is 16.9. The average molecular weight is 364 g/mol. The highest BCUT2D eigenvalue weighted by molar-refractivity contribution is 7.89. The lowest BCUT2D eigenvalue weighted by atomic mass is 10.2. The summed E-state index contributed by atoms with van der Waals surface area (Å²) in [5.74, 6) is 0. The van der Waals surface area contributed by atoms with Gasteiger partial charge in [0.15, 0.2) is 5.13 Å². The van der Waals surface area contributed by atoms with Crippen LogP contribution in [0.3, 0.4) is 0 Å². The molecule has 0 unspecified atom stereocenters. The largest absolute Gasteiger partial charge is 0.390 e. The van der Waals surface area contributed by atoms with Gasteiger partial charge in [-0.1, -0.05) is 0 Å². The normalized spacial score (nSPS) is 16.1. The quantitative estimate of drug-likeness (QED) is 0.870. The van der Waals surface area contributed by atoms with Crippen LogP contribution in [0.1, 0.15) is 11.3 Å². The van der Waals surface area contributed by atoms with Crippen molar-refractivity contribution in [2.24, 2.45) is 0 Å². The highest BCUT2D eigenvalue weighted by Gasteiger charge is 2.29. The van der Waals surface area contributed by atoms with Crippen LogP contribution in [0.25, 0.3) is 0 Å². The summed E-state index contributed by atoms with van der Waals surface area (Å²) < 4.78 is 26.8. The molecule has 1 saturated heterocycles. The van der Waals surface area contributed by atoms with Crippen LogP contribution >= 0.6 is 11.3 Å². The standard InChI is InChI=1S/C15H16N4O3S2/c16-9-12-1-3-14(4-2-12)24(21,22)19-7-5-18(6-8-19)15-17-13(10-20)11-23-15/h1-4,11,20H,5-8,10H2. The summed E-state index contributed by atoms with van der Waals surface area (Å²) in [5.41, 5.74) is 1.06. The second-order valence-corrected chi connectivity index (χ2v) is 8.08. The molecule has 0 aliphatic carbocycles. The molecule has 1 aromatic carbocycles. The number of thiazole rings is 1. The van der Waals surface area contributed by atoms with E-state index in [4.69, 9.17) is 10.4 Å². The highest BCUT2D eigenvalue weighted by Crippen LogP contribution is 2.24. The van der Waals surface area contributed by atoms with E-state index in [0.717, 1.165) is 5.13 Å². The molecule has 0 saturated carbocycles. The fourth-order valence-electron chi connectivity index (χ4n) is 2.48. The Kier molecular flexibility index (Phi) is 4.82. The first-order valence-electron chi connectivity index (χ1n) is 7.35. The van der Waals surface area contributed by atoms with Gasteiger partial charge in [0.1, 0.15) is 0 Å². The molecule has 2 heterocycles. The van der Waals surface area contributed by atoms with Crippen molar-refractivity contribution >= 4 is 26.5 Å². The fourth-order valence-corrected chi connectivity index (χ4v) is 4.78. The van der Waals surface area contributed by atoms with E-state index in [9.17, 15) is 8.42 Å². The van der Waals surface area contributed by atoms with Gasteiger partial charge in [0.05, 0.1) is 28.8 Å². The molecule has 7 nitrogen and oxygen atoms in total. The first-order chi connectivity index (χ1) is 11.5. The molecule has 1 aliphatic heterocycles. The van der Waals surface area contributed by atoms with E-state index in [0.29, 0.717) is 37.4 Å².